The highest BCUT2D eigenvalue weighted by Gasteiger charge is 2.36. The Kier molecular flexibility index (Phi) is 5.67. The summed E-state index contributed by atoms with van der Waals surface area (Å²) in [5, 5.41) is 3.03. The van der Waals surface area contributed by atoms with E-state index < -0.39 is 15.9 Å². The van der Waals surface area contributed by atoms with E-state index >= 15 is 0 Å². The minimum atomic E-state index is -3.67. The number of anilines is 1. The van der Waals surface area contributed by atoms with E-state index in [9.17, 15) is 18.0 Å². The number of nitrogens with one attached hydrogen (secondary N) is 1. The summed E-state index contributed by atoms with van der Waals surface area (Å²) in [5.41, 5.74) is 1.67. The van der Waals surface area contributed by atoms with Crippen LogP contribution in [0.2, 0.25) is 5.02 Å². The maximum Gasteiger partial charge on any atom is 0.252 e. The Balaban J connectivity index is 1.72. The SMILES string of the molecule is O=C(NCCC1=CCCCC1)c1cc(N2C(=O)CCS2(=O)=O)ccc1Cl. The van der Waals surface area contributed by atoms with Crippen molar-refractivity contribution in [3.05, 3.63) is 40.4 Å². The summed E-state index contributed by atoms with van der Waals surface area (Å²) < 4.78 is 24.9. The van der Waals surface area contributed by atoms with Crippen LogP contribution in [0.4, 0.5) is 5.69 Å². The predicted molar refractivity (Wildman–Crippen MR) is 101 cm³/mol. The van der Waals surface area contributed by atoms with Gasteiger partial charge in [-0.3, -0.25) is 9.59 Å². The first-order valence-electron chi connectivity index (χ1n) is 8.70. The number of carbonyl (C=O) groups is 2. The molecule has 0 saturated carbocycles. The number of sulfonamides is 1. The number of amides is 2. The first kappa shape index (κ1) is 18.9. The monoisotopic (exact) mass is 396 g/mol. The third-order valence-corrected chi connectivity index (χ3v) is 6.64. The van der Waals surface area contributed by atoms with Crippen LogP contribution < -0.4 is 9.62 Å². The van der Waals surface area contributed by atoms with Crippen LogP contribution in [0.15, 0.2) is 29.8 Å². The molecule has 0 bridgehead atoms. The van der Waals surface area contributed by atoms with Crippen molar-refractivity contribution in [1.82, 2.24) is 5.32 Å². The van der Waals surface area contributed by atoms with Crippen molar-refractivity contribution in [2.45, 2.75) is 38.5 Å². The topological polar surface area (TPSA) is 83.6 Å². The second kappa shape index (κ2) is 7.80. The number of nitrogens with zero attached hydrogens (tertiary/aromatic N) is 1. The van der Waals surface area contributed by atoms with E-state index in [2.05, 4.69) is 11.4 Å². The Labute approximate surface area is 158 Å². The molecule has 1 aliphatic carbocycles. The lowest BCUT2D eigenvalue weighted by Gasteiger charge is -2.17. The highest BCUT2D eigenvalue weighted by molar-refractivity contribution is 7.94. The molecule has 0 atom stereocenters. The Morgan fingerprint density at radius 3 is 2.69 bits per heavy atom. The molecule has 1 N–H and O–H groups in total. The first-order chi connectivity index (χ1) is 12.4. The summed E-state index contributed by atoms with van der Waals surface area (Å²) in [6, 6.07) is 4.24. The van der Waals surface area contributed by atoms with Gasteiger partial charge < -0.3 is 5.32 Å². The van der Waals surface area contributed by atoms with E-state index in [0.29, 0.717) is 6.54 Å². The van der Waals surface area contributed by atoms with Gasteiger partial charge in [0.25, 0.3) is 5.91 Å². The standard InChI is InChI=1S/C18H21ClN2O4S/c19-16-7-6-14(21-17(22)9-11-26(21,24)25)12-15(16)18(23)20-10-8-13-4-2-1-3-5-13/h4,6-7,12H,1-3,5,8-11H2,(H,20,23). The molecule has 0 spiro atoms. The molecule has 1 heterocycles. The van der Waals surface area contributed by atoms with Gasteiger partial charge in [0.05, 0.1) is 22.0 Å². The molecule has 0 unspecified atom stereocenters. The van der Waals surface area contributed by atoms with Gasteiger partial charge in [0.2, 0.25) is 15.9 Å². The molecule has 1 fully saturated rings. The summed E-state index contributed by atoms with van der Waals surface area (Å²) in [6.45, 7) is 0.492. The van der Waals surface area contributed by atoms with Crippen LogP contribution in [-0.2, 0) is 14.8 Å². The van der Waals surface area contributed by atoms with Gasteiger partial charge in [-0.2, -0.15) is 0 Å². The van der Waals surface area contributed by atoms with Gasteiger partial charge in [-0.05, 0) is 50.3 Å². The average molecular weight is 397 g/mol. The largest absolute Gasteiger partial charge is 0.352 e. The fourth-order valence-corrected chi connectivity index (χ4v) is 4.90. The third-order valence-electron chi connectivity index (χ3n) is 4.62. The van der Waals surface area contributed by atoms with Gasteiger partial charge in [-0.1, -0.05) is 23.3 Å². The molecule has 1 aromatic rings. The zero-order valence-corrected chi connectivity index (χ0v) is 15.9. The van der Waals surface area contributed by atoms with E-state index in [1.807, 2.05) is 0 Å². The number of halogens is 1. The summed E-state index contributed by atoms with van der Waals surface area (Å²) in [5.74, 6) is -1.09. The zero-order chi connectivity index (χ0) is 18.7. The van der Waals surface area contributed by atoms with Gasteiger partial charge in [-0.25, -0.2) is 12.7 Å². The van der Waals surface area contributed by atoms with E-state index in [1.165, 1.54) is 36.6 Å². The summed E-state index contributed by atoms with van der Waals surface area (Å²) in [7, 11) is -3.67. The maximum atomic E-state index is 12.4. The zero-order valence-electron chi connectivity index (χ0n) is 14.3. The van der Waals surface area contributed by atoms with Crippen LogP contribution in [0.1, 0.15) is 48.9 Å². The summed E-state index contributed by atoms with van der Waals surface area (Å²) in [6.07, 6.45) is 7.54. The Bertz CT molecular complexity index is 864. The summed E-state index contributed by atoms with van der Waals surface area (Å²) in [4.78, 5) is 24.4. The second-order valence-corrected chi connectivity index (χ2v) is 8.85. The fraction of sp³-hybridized carbons (Fsp3) is 0.444. The smallest absolute Gasteiger partial charge is 0.252 e. The van der Waals surface area contributed by atoms with Crippen molar-refractivity contribution in [1.29, 1.82) is 0 Å². The van der Waals surface area contributed by atoms with Crippen LogP contribution in [0.3, 0.4) is 0 Å². The molecular weight excluding hydrogens is 376 g/mol. The van der Waals surface area contributed by atoms with Crippen LogP contribution in [0.25, 0.3) is 0 Å². The van der Waals surface area contributed by atoms with E-state index in [0.717, 1.165) is 23.6 Å². The van der Waals surface area contributed by atoms with Gasteiger partial charge in [0.15, 0.2) is 0 Å². The lowest BCUT2D eigenvalue weighted by molar-refractivity contribution is -0.116. The number of carbonyl (C=O) groups excluding carboxylic acids is 2. The molecule has 3 rings (SSSR count). The third kappa shape index (κ3) is 4.10. The molecule has 1 aliphatic heterocycles. The Hall–Kier alpha value is -1.86. The van der Waals surface area contributed by atoms with Crippen molar-refractivity contribution < 1.29 is 18.0 Å². The van der Waals surface area contributed by atoms with E-state index in [-0.39, 0.29) is 34.4 Å². The first-order valence-corrected chi connectivity index (χ1v) is 10.7. The van der Waals surface area contributed by atoms with Crippen molar-refractivity contribution in [2.75, 3.05) is 16.6 Å². The van der Waals surface area contributed by atoms with E-state index in [1.54, 1.807) is 0 Å². The van der Waals surface area contributed by atoms with Crippen LogP contribution >= 0.6 is 11.6 Å². The molecule has 26 heavy (non-hydrogen) atoms. The van der Waals surface area contributed by atoms with Gasteiger partial charge in [-0.15, -0.1) is 0 Å². The van der Waals surface area contributed by atoms with Crippen molar-refractivity contribution in [3.63, 3.8) is 0 Å². The molecular formula is C18H21ClN2O4S. The molecule has 0 aromatic heterocycles. The molecule has 2 aliphatic rings. The fourth-order valence-electron chi connectivity index (χ4n) is 3.25. The summed E-state index contributed by atoms with van der Waals surface area (Å²) >= 11 is 6.11. The Morgan fingerprint density at radius 2 is 2.04 bits per heavy atom. The maximum absolute atomic E-state index is 12.4. The number of rotatable bonds is 5. The number of hydrogen-bond donors (Lipinski definition) is 1. The highest BCUT2D eigenvalue weighted by atomic mass is 35.5. The minimum Gasteiger partial charge on any atom is -0.352 e. The molecule has 0 radical (unpaired) electrons. The van der Waals surface area contributed by atoms with Gasteiger partial charge in [0, 0.05) is 13.0 Å². The second-order valence-electron chi connectivity index (χ2n) is 6.50. The molecule has 6 nitrogen and oxygen atoms in total. The van der Waals surface area contributed by atoms with Crippen molar-refractivity contribution in [2.24, 2.45) is 0 Å². The highest BCUT2D eigenvalue weighted by Crippen LogP contribution is 2.29. The predicted octanol–water partition coefficient (Wildman–Crippen LogP) is 3.03. The Morgan fingerprint density at radius 1 is 1.23 bits per heavy atom. The van der Waals surface area contributed by atoms with Crippen LogP contribution in [0, 0.1) is 0 Å². The lowest BCUT2D eigenvalue weighted by Crippen LogP contribution is -2.30. The number of allylic oxidation sites excluding steroid dienone is 1. The van der Waals surface area contributed by atoms with Crippen molar-refractivity contribution >= 4 is 39.1 Å². The molecule has 8 heteroatoms. The lowest BCUT2D eigenvalue weighted by atomic mass is 9.97. The number of benzene rings is 1. The van der Waals surface area contributed by atoms with Gasteiger partial charge >= 0.3 is 0 Å². The minimum absolute atomic E-state index is 0.0540. The molecule has 1 aromatic carbocycles. The number of hydrogen-bond acceptors (Lipinski definition) is 4. The molecule has 2 amide bonds. The van der Waals surface area contributed by atoms with Crippen molar-refractivity contribution in [3.8, 4) is 0 Å². The van der Waals surface area contributed by atoms with E-state index in [4.69, 9.17) is 11.6 Å². The molecule has 140 valence electrons. The average Bonchev–Trinajstić information content (AvgIpc) is 2.89. The van der Waals surface area contributed by atoms with Gasteiger partial charge in [0.1, 0.15) is 0 Å². The molecule has 1 saturated heterocycles. The van der Waals surface area contributed by atoms with Crippen LogP contribution in [0.5, 0.6) is 0 Å². The quantitative estimate of drug-likeness (QED) is 0.775. The normalized spacial score (nSPS) is 19.3. The van der Waals surface area contributed by atoms with Crippen LogP contribution in [-0.4, -0.2) is 32.5 Å².